The molecule has 0 saturated heterocycles. The number of ether oxygens (including phenoxy) is 1. The maximum Gasteiger partial charge on any atom is 0.307 e. The third-order valence-corrected chi connectivity index (χ3v) is 4.23. The van der Waals surface area contributed by atoms with Gasteiger partial charge in [0.1, 0.15) is 5.82 Å². The molecule has 26 heavy (non-hydrogen) atoms. The average molecular weight is 354 g/mol. The Morgan fingerprint density at radius 3 is 2.62 bits per heavy atom. The van der Waals surface area contributed by atoms with Gasteiger partial charge in [0.25, 0.3) is 0 Å². The Morgan fingerprint density at radius 2 is 1.88 bits per heavy atom. The molecule has 3 rings (SSSR count). The number of aromatic amines is 1. The van der Waals surface area contributed by atoms with E-state index in [1.54, 1.807) is 18.3 Å². The summed E-state index contributed by atoms with van der Waals surface area (Å²) in [5.74, 6) is -1.06. The van der Waals surface area contributed by atoms with Gasteiger partial charge < -0.3 is 15.0 Å². The SMILES string of the molecule is COC(=O)CC(NC(=O)Cc1c[nH]c2ccccc12)c1ccc(F)cc1. The highest BCUT2D eigenvalue weighted by atomic mass is 19.1. The first-order chi connectivity index (χ1) is 12.6. The average Bonchev–Trinajstić information content (AvgIpc) is 3.04. The lowest BCUT2D eigenvalue weighted by atomic mass is 10.0. The molecule has 2 N–H and O–H groups in total. The molecular weight excluding hydrogens is 335 g/mol. The maximum absolute atomic E-state index is 13.2. The number of fused-ring (bicyclic) bond motifs is 1. The first-order valence-corrected chi connectivity index (χ1v) is 8.23. The number of rotatable bonds is 6. The highest BCUT2D eigenvalue weighted by Gasteiger charge is 2.20. The first kappa shape index (κ1) is 17.7. The van der Waals surface area contributed by atoms with Crippen molar-refractivity contribution in [2.24, 2.45) is 0 Å². The Kier molecular flexibility index (Phi) is 5.31. The van der Waals surface area contributed by atoms with Crippen LogP contribution in [0.1, 0.15) is 23.6 Å². The molecular formula is C20H19FN2O3. The van der Waals surface area contributed by atoms with Crippen LogP contribution in [0.4, 0.5) is 4.39 Å². The minimum absolute atomic E-state index is 0.0260. The second-order valence-electron chi connectivity index (χ2n) is 5.99. The van der Waals surface area contributed by atoms with E-state index < -0.39 is 12.0 Å². The Bertz CT molecular complexity index is 918. The lowest BCUT2D eigenvalue weighted by Crippen LogP contribution is -2.31. The van der Waals surface area contributed by atoms with Crippen molar-refractivity contribution < 1.29 is 18.7 Å². The van der Waals surface area contributed by atoms with E-state index in [0.717, 1.165) is 16.5 Å². The Balaban J connectivity index is 1.76. The maximum atomic E-state index is 13.2. The summed E-state index contributed by atoms with van der Waals surface area (Å²) < 4.78 is 17.9. The number of H-pyrrole nitrogens is 1. The number of nitrogens with one attached hydrogen (secondary N) is 2. The highest BCUT2D eigenvalue weighted by Crippen LogP contribution is 2.21. The lowest BCUT2D eigenvalue weighted by molar-refractivity contribution is -0.141. The number of para-hydroxylation sites is 1. The summed E-state index contributed by atoms with van der Waals surface area (Å²) in [5, 5.41) is 3.83. The lowest BCUT2D eigenvalue weighted by Gasteiger charge is -2.18. The van der Waals surface area contributed by atoms with Gasteiger partial charge in [0.15, 0.2) is 0 Å². The fourth-order valence-electron chi connectivity index (χ4n) is 2.89. The van der Waals surface area contributed by atoms with Crippen LogP contribution in [-0.2, 0) is 20.7 Å². The van der Waals surface area contributed by atoms with Crippen molar-refractivity contribution in [3.05, 3.63) is 71.7 Å². The molecule has 5 nitrogen and oxygen atoms in total. The molecule has 0 aliphatic carbocycles. The van der Waals surface area contributed by atoms with Gasteiger partial charge in [-0.2, -0.15) is 0 Å². The standard InChI is InChI=1S/C20H19FN2O3/c1-26-20(25)11-18(13-6-8-15(21)9-7-13)23-19(24)10-14-12-22-17-5-3-2-4-16(14)17/h2-9,12,18,22H,10-11H2,1H3,(H,23,24). The van der Waals surface area contributed by atoms with Crippen LogP contribution in [0.5, 0.6) is 0 Å². The van der Waals surface area contributed by atoms with Crippen LogP contribution in [0.15, 0.2) is 54.7 Å². The third-order valence-electron chi connectivity index (χ3n) is 4.23. The number of halogens is 1. The fraction of sp³-hybridized carbons (Fsp3) is 0.200. The van der Waals surface area contributed by atoms with Crippen molar-refractivity contribution in [2.45, 2.75) is 18.9 Å². The van der Waals surface area contributed by atoms with E-state index in [4.69, 9.17) is 4.74 Å². The van der Waals surface area contributed by atoms with Crippen LogP contribution in [0.2, 0.25) is 0 Å². The van der Waals surface area contributed by atoms with Crippen LogP contribution in [0.25, 0.3) is 10.9 Å². The number of aromatic nitrogens is 1. The van der Waals surface area contributed by atoms with Crippen LogP contribution >= 0.6 is 0 Å². The quantitative estimate of drug-likeness (QED) is 0.668. The van der Waals surface area contributed by atoms with Gasteiger partial charge in [-0.1, -0.05) is 30.3 Å². The summed E-state index contributed by atoms with van der Waals surface area (Å²) in [6.07, 6.45) is 1.95. The normalized spacial score (nSPS) is 11.9. The van der Waals surface area contributed by atoms with Crippen molar-refractivity contribution in [2.75, 3.05) is 7.11 Å². The topological polar surface area (TPSA) is 71.2 Å². The van der Waals surface area contributed by atoms with Gasteiger partial charge >= 0.3 is 5.97 Å². The van der Waals surface area contributed by atoms with E-state index >= 15 is 0 Å². The number of amides is 1. The molecule has 0 radical (unpaired) electrons. The number of hydrogen-bond donors (Lipinski definition) is 2. The molecule has 2 aromatic carbocycles. The van der Waals surface area contributed by atoms with Crippen LogP contribution in [-0.4, -0.2) is 24.0 Å². The largest absolute Gasteiger partial charge is 0.469 e. The van der Waals surface area contributed by atoms with Gasteiger partial charge in [-0.25, -0.2) is 4.39 Å². The predicted molar refractivity (Wildman–Crippen MR) is 95.9 cm³/mol. The van der Waals surface area contributed by atoms with Gasteiger partial charge in [-0.15, -0.1) is 0 Å². The van der Waals surface area contributed by atoms with Crippen LogP contribution in [0.3, 0.4) is 0 Å². The van der Waals surface area contributed by atoms with Gasteiger partial charge in [0, 0.05) is 17.1 Å². The molecule has 1 amide bonds. The summed E-state index contributed by atoms with van der Waals surface area (Å²) in [6.45, 7) is 0. The minimum atomic E-state index is -0.583. The summed E-state index contributed by atoms with van der Waals surface area (Å²) >= 11 is 0. The molecule has 0 aliphatic heterocycles. The first-order valence-electron chi connectivity index (χ1n) is 8.23. The molecule has 3 aromatic rings. The second kappa shape index (κ2) is 7.82. The third kappa shape index (κ3) is 4.08. The predicted octanol–water partition coefficient (Wildman–Crippen LogP) is 3.27. The highest BCUT2D eigenvalue weighted by molar-refractivity contribution is 5.89. The van der Waals surface area contributed by atoms with Gasteiger partial charge in [0.2, 0.25) is 5.91 Å². The fourth-order valence-corrected chi connectivity index (χ4v) is 2.89. The molecule has 1 heterocycles. The molecule has 0 bridgehead atoms. The number of esters is 1. The van der Waals surface area contributed by atoms with E-state index in [0.29, 0.717) is 5.56 Å². The Labute approximate surface area is 150 Å². The van der Waals surface area contributed by atoms with Crippen molar-refractivity contribution in [3.63, 3.8) is 0 Å². The molecule has 6 heteroatoms. The zero-order valence-electron chi connectivity index (χ0n) is 14.3. The van der Waals surface area contributed by atoms with E-state index in [1.165, 1.54) is 19.2 Å². The summed E-state index contributed by atoms with van der Waals surface area (Å²) in [6, 6.07) is 12.8. The zero-order chi connectivity index (χ0) is 18.5. The number of benzene rings is 2. The summed E-state index contributed by atoms with van der Waals surface area (Å²) in [7, 11) is 1.29. The van der Waals surface area contributed by atoms with E-state index in [2.05, 4.69) is 10.3 Å². The summed E-state index contributed by atoms with van der Waals surface area (Å²) in [5.41, 5.74) is 2.47. The monoisotopic (exact) mass is 354 g/mol. The number of carbonyl (C=O) groups excluding carboxylic acids is 2. The minimum Gasteiger partial charge on any atom is -0.469 e. The van der Waals surface area contributed by atoms with Crippen molar-refractivity contribution in [1.82, 2.24) is 10.3 Å². The number of methoxy groups -OCH3 is 1. The number of hydrogen-bond acceptors (Lipinski definition) is 3. The molecule has 0 spiro atoms. The van der Waals surface area contributed by atoms with E-state index in [1.807, 2.05) is 24.3 Å². The van der Waals surface area contributed by atoms with Gasteiger partial charge in [0.05, 0.1) is 26.0 Å². The molecule has 1 aromatic heterocycles. The van der Waals surface area contributed by atoms with Crippen molar-refractivity contribution in [3.8, 4) is 0 Å². The second-order valence-corrected chi connectivity index (χ2v) is 5.99. The molecule has 1 atom stereocenters. The Hall–Kier alpha value is -3.15. The van der Waals surface area contributed by atoms with E-state index in [-0.39, 0.29) is 24.6 Å². The van der Waals surface area contributed by atoms with Gasteiger partial charge in [-0.3, -0.25) is 9.59 Å². The van der Waals surface area contributed by atoms with Gasteiger partial charge in [-0.05, 0) is 29.3 Å². The van der Waals surface area contributed by atoms with Crippen molar-refractivity contribution in [1.29, 1.82) is 0 Å². The van der Waals surface area contributed by atoms with Crippen molar-refractivity contribution >= 4 is 22.8 Å². The van der Waals surface area contributed by atoms with Crippen LogP contribution < -0.4 is 5.32 Å². The molecule has 0 fully saturated rings. The molecule has 1 unspecified atom stereocenters. The Morgan fingerprint density at radius 1 is 1.15 bits per heavy atom. The summed E-state index contributed by atoms with van der Waals surface area (Å²) in [4.78, 5) is 27.3. The van der Waals surface area contributed by atoms with E-state index in [9.17, 15) is 14.0 Å². The zero-order valence-corrected chi connectivity index (χ0v) is 14.3. The molecule has 0 saturated carbocycles. The number of carbonyl (C=O) groups is 2. The molecule has 134 valence electrons. The van der Waals surface area contributed by atoms with Crippen LogP contribution in [0, 0.1) is 5.82 Å². The smallest absolute Gasteiger partial charge is 0.307 e. The molecule has 0 aliphatic rings.